The summed E-state index contributed by atoms with van der Waals surface area (Å²) in [6.07, 6.45) is 2.86. The molecule has 0 atom stereocenters. The van der Waals surface area contributed by atoms with Crippen LogP contribution < -0.4 is 4.74 Å². The third kappa shape index (κ3) is 2.35. The predicted molar refractivity (Wildman–Crippen MR) is 55.2 cm³/mol. The number of hydrogen-bond acceptors (Lipinski definition) is 4. The van der Waals surface area contributed by atoms with Crippen molar-refractivity contribution in [2.24, 2.45) is 0 Å². The highest BCUT2D eigenvalue weighted by Gasteiger charge is 2.02. The predicted octanol–water partition coefficient (Wildman–Crippen LogP) is 2.63. The number of nitrogens with zero attached hydrogens (tertiary/aromatic N) is 2. The van der Waals surface area contributed by atoms with Crippen LogP contribution >= 0.6 is 11.6 Å². The highest BCUT2D eigenvalue weighted by atomic mass is 35.5. The molecule has 1 heterocycles. The maximum Gasteiger partial charge on any atom is 0.222 e. The number of rotatable bonds is 2. The van der Waals surface area contributed by atoms with E-state index in [4.69, 9.17) is 16.3 Å². The highest BCUT2D eigenvalue weighted by Crippen LogP contribution is 2.29. The van der Waals surface area contributed by atoms with Crippen LogP contribution in [0.5, 0.6) is 17.2 Å². The minimum atomic E-state index is 0.0625. The first-order valence-electron chi connectivity index (χ1n) is 4.19. The minimum absolute atomic E-state index is 0.0625. The molecule has 2 aromatic rings. The summed E-state index contributed by atoms with van der Waals surface area (Å²) in [5.74, 6) is 0.830. The fraction of sp³-hybridized carbons (Fsp3) is 0. The summed E-state index contributed by atoms with van der Waals surface area (Å²) < 4.78 is 5.33. The summed E-state index contributed by atoms with van der Waals surface area (Å²) >= 11 is 5.52. The molecule has 0 saturated carbocycles. The maximum atomic E-state index is 9.43. The van der Waals surface area contributed by atoms with Crippen molar-refractivity contribution in [2.45, 2.75) is 0 Å². The molecule has 15 heavy (non-hydrogen) atoms. The fourth-order valence-electron chi connectivity index (χ4n) is 1.02. The van der Waals surface area contributed by atoms with E-state index in [1.54, 1.807) is 18.2 Å². The average molecular weight is 223 g/mol. The monoisotopic (exact) mass is 222 g/mol. The van der Waals surface area contributed by atoms with Gasteiger partial charge in [-0.05, 0) is 23.7 Å². The summed E-state index contributed by atoms with van der Waals surface area (Å²) in [5.41, 5.74) is 0. The van der Waals surface area contributed by atoms with Crippen LogP contribution in [0.4, 0.5) is 0 Å². The molecule has 0 amide bonds. The molecule has 0 radical (unpaired) electrons. The van der Waals surface area contributed by atoms with Gasteiger partial charge in [-0.2, -0.15) is 0 Å². The zero-order chi connectivity index (χ0) is 10.7. The van der Waals surface area contributed by atoms with Gasteiger partial charge in [0.1, 0.15) is 0 Å². The van der Waals surface area contributed by atoms with Gasteiger partial charge < -0.3 is 9.84 Å². The van der Waals surface area contributed by atoms with Gasteiger partial charge >= 0.3 is 0 Å². The van der Waals surface area contributed by atoms with Crippen molar-refractivity contribution in [3.8, 4) is 17.2 Å². The van der Waals surface area contributed by atoms with Gasteiger partial charge in [0, 0.05) is 0 Å². The first-order chi connectivity index (χ1) is 7.25. The molecular weight excluding hydrogens is 216 g/mol. The minimum Gasteiger partial charge on any atom is -0.504 e. The van der Waals surface area contributed by atoms with Crippen molar-refractivity contribution in [1.29, 1.82) is 0 Å². The van der Waals surface area contributed by atoms with E-state index in [0.717, 1.165) is 0 Å². The standard InChI is InChI=1S/C10H7ClN2O2/c11-10-12-5-7(6-13-10)15-9-4-2-1-3-8(9)14/h1-6,14H. The molecule has 1 N–H and O–H groups in total. The van der Waals surface area contributed by atoms with Crippen LogP contribution in [-0.2, 0) is 0 Å². The smallest absolute Gasteiger partial charge is 0.222 e. The number of benzene rings is 1. The Balaban J connectivity index is 2.22. The van der Waals surface area contributed by atoms with E-state index in [1.807, 2.05) is 0 Å². The summed E-state index contributed by atoms with van der Waals surface area (Å²) in [5, 5.41) is 9.59. The Morgan fingerprint density at radius 2 is 1.80 bits per heavy atom. The van der Waals surface area contributed by atoms with Crippen molar-refractivity contribution in [2.75, 3.05) is 0 Å². The van der Waals surface area contributed by atoms with Crippen LogP contribution in [0.25, 0.3) is 0 Å². The maximum absolute atomic E-state index is 9.43. The Labute approximate surface area is 91.1 Å². The molecule has 76 valence electrons. The molecule has 0 fully saturated rings. The molecule has 1 aromatic heterocycles. The van der Waals surface area contributed by atoms with E-state index in [0.29, 0.717) is 11.5 Å². The second-order valence-corrected chi connectivity index (χ2v) is 3.10. The molecule has 2 rings (SSSR count). The zero-order valence-electron chi connectivity index (χ0n) is 7.59. The summed E-state index contributed by atoms with van der Waals surface area (Å²) in [6.45, 7) is 0. The SMILES string of the molecule is Oc1ccccc1Oc1cnc(Cl)nc1. The van der Waals surface area contributed by atoms with Crippen LogP contribution in [0.3, 0.4) is 0 Å². The molecule has 0 aliphatic rings. The molecule has 1 aromatic carbocycles. The van der Waals surface area contributed by atoms with E-state index in [2.05, 4.69) is 9.97 Å². The van der Waals surface area contributed by atoms with Gasteiger partial charge in [0.2, 0.25) is 5.28 Å². The van der Waals surface area contributed by atoms with E-state index < -0.39 is 0 Å². The molecule has 0 saturated heterocycles. The molecule has 0 aliphatic heterocycles. The van der Waals surface area contributed by atoms with Crippen molar-refractivity contribution in [3.63, 3.8) is 0 Å². The van der Waals surface area contributed by atoms with Crippen LogP contribution in [0.15, 0.2) is 36.7 Å². The molecule has 0 spiro atoms. The van der Waals surface area contributed by atoms with Crippen molar-refractivity contribution < 1.29 is 9.84 Å². The number of aromatic hydroxyl groups is 1. The van der Waals surface area contributed by atoms with Crippen molar-refractivity contribution >= 4 is 11.6 Å². The van der Waals surface area contributed by atoms with Crippen LogP contribution in [0, 0.1) is 0 Å². The van der Waals surface area contributed by atoms with Crippen molar-refractivity contribution in [3.05, 3.63) is 41.9 Å². The number of hydrogen-bond donors (Lipinski definition) is 1. The van der Waals surface area contributed by atoms with Crippen LogP contribution in [0.1, 0.15) is 0 Å². The van der Waals surface area contributed by atoms with E-state index >= 15 is 0 Å². The molecule has 0 bridgehead atoms. The molecule has 0 unspecified atom stereocenters. The topological polar surface area (TPSA) is 55.2 Å². The van der Waals surface area contributed by atoms with Gasteiger partial charge in [0.25, 0.3) is 0 Å². The quantitative estimate of drug-likeness (QED) is 0.794. The Kier molecular flexibility index (Phi) is 2.69. The van der Waals surface area contributed by atoms with E-state index in [1.165, 1.54) is 18.5 Å². The van der Waals surface area contributed by atoms with Gasteiger partial charge in [-0.1, -0.05) is 12.1 Å². The number of halogens is 1. The molecule has 5 heteroatoms. The summed E-state index contributed by atoms with van der Waals surface area (Å²) in [7, 11) is 0. The summed E-state index contributed by atoms with van der Waals surface area (Å²) in [4.78, 5) is 7.51. The number of para-hydroxylation sites is 2. The normalized spacial score (nSPS) is 9.93. The van der Waals surface area contributed by atoms with E-state index in [-0.39, 0.29) is 11.0 Å². The Morgan fingerprint density at radius 1 is 1.13 bits per heavy atom. The van der Waals surface area contributed by atoms with Gasteiger partial charge in [-0.25, -0.2) is 9.97 Å². The van der Waals surface area contributed by atoms with Crippen molar-refractivity contribution in [1.82, 2.24) is 9.97 Å². The number of phenols is 1. The lowest BCUT2D eigenvalue weighted by Crippen LogP contribution is -1.87. The Bertz CT molecular complexity index is 459. The zero-order valence-corrected chi connectivity index (χ0v) is 8.35. The molecular formula is C10H7ClN2O2. The largest absolute Gasteiger partial charge is 0.504 e. The average Bonchev–Trinajstić information content (AvgIpc) is 2.25. The summed E-state index contributed by atoms with van der Waals surface area (Å²) in [6, 6.07) is 6.64. The van der Waals surface area contributed by atoms with Gasteiger partial charge in [0.15, 0.2) is 17.2 Å². The Hall–Kier alpha value is -1.81. The lowest BCUT2D eigenvalue weighted by molar-refractivity contribution is 0.409. The number of aromatic nitrogens is 2. The fourth-order valence-corrected chi connectivity index (χ4v) is 1.12. The lowest BCUT2D eigenvalue weighted by atomic mass is 10.3. The van der Waals surface area contributed by atoms with Crippen LogP contribution in [0.2, 0.25) is 5.28 Å². The van der Waals surface area contributed by atoms with Gasteiger partial charge in [-0.15, -0.1) is 0 Å². The third-order valence-corrected chi connectivity index (χ3v) is 1.88. The Morgan fingerprint density at radius 3 is 2.47 bits per heavy atom. The molecule has 0 aliphatic carbocycles. The number of ether oxygens (including phenoxy) is 1. The van der Waals surface area contributed by atoms with Gasteiger partial charge in [-0.3, -0.25) is 0 Å². The van der Waals surface area contributed by atoms with E-state index in [9.17, 15) is 5.11 Å². The van der Waals surface area contributed by atoms with Crippen LogP contribution in [-0.4, -0.2) is 15.1 Å². The second kappa shape index (κ2) is 4.14. The van der Waals surface area contributed by atoms with Gasteiger partial charge in [0.05, 0.1) is 12.4 Å². The highest BCUT2D eigenvalue weighted by molar-refractivity contribution is 6.28. The lowest BCUT2D eigenvalue weighted by Gasteiger charge is -2.05. The molecule has 4 nitrogen and oxygen atoms in total. The first-order valence-corrected chi connectivity index (χ1v) is 4.57. The second-order valence-electron chi connectivity index (χ2n) is 2.76. The third-order valence-electron chi connectivity index (χ3n) is 1.69. The first kappa shape index (κ1) is 9.73. The number of phenolic OH excluding ortho intramolecular Hbond substituents is 1.